The van der Waals surface area contributed by atoms with Crippen LogP contribution in [0.3, 0.4) is 0 Å². The van der Waals surface area contributed by atoms with E-state index < -0.39 is 40.2 Å². The van der Waals surface area contributed by atoms with Crippen LogP contribution in [0.4, 0.5) is 14.5 Å². The second-order valence-electron chi connectivity index (χ2n) is 4.96. The third-order valence-electron chi connectivity index (χ3n) is 3.62. The highest BCUT2D eigenvalue weighted by Crippen LogP contribution is 2.30. The normalized spacial score (nSPS) is 10.8. The third-order valence-corrected chi connectivity index (χ3v) is 3.62. The molecule has 1 heterocycles. The van der Waals surface area contributed by atoms with E-state index in [-0.39, 0.29) is 17.4 Å². The van der Waals surface area contributed by atoms with Crippen molar-refractivity contribution in [1.29, 1.82) is 0 Å². The fourth-order valence-corrected chi connectivity index (χ4v) is 2.36. The van der Waals surface area contributed by atoms with Crippen molar-refractivity contribution in [1.82, 2.24) is 4.57 Å². The average Bonchev–Trinajstić information content (AvgIpc) is 2.48. The number of pyridine rings is 1. The largest absolute Gasteiger partial charge is 0.477 e. The van der Waals surface area contributed by atoms with E-state index in [2.05, 4.69) is 0 Å². The number of hydrogen-bond donors (Lipinski definition) is 1. The number of carboxylic acids is 1. The van der Waals surface area contributed by atoms with E-state index >= 15 is 0 Å². The molecule has 0 fully saturated rings. The summed E-state index contributed by atoms with van der Waals surface area (Å²) in [5.74, 6) is -4.72. The van der Waals surface area contributed by atoms with Crippen molar-refractivity contribution in [2.75, 3.05) is 11.9 Å². The Hall–Kier alpha value is -2.77. The molecule has 23 heavy (non-hydrogen) atoms. The number of fused-ring (bicyclic) bond motifs is 1. The van der Waals surface area contributed by atoms with Gasteiger partial charge < -0.3 is 14.6 Å². The lowest BCUT2D eigenvalue weighted by atomic mass is 10.1. The van der Waals surface area contributed by atoms with Gasteiger partial charge in [0.25, 0.3) is 0 Å². The molecule has 1 amide bonds. The molecular weight excluding hydrogens is 310 g/mol. The molecule has 0 bridgehead atoms. The van der Waals surface area contributed by atoms with Crippen LogP contribution in [0.15, 0.2) is 17.1 Å². The minimum Gasteiger partial charge on any atom is -0.477 e. The number of nitrogens with zero attached hydrogens (tertiary/aromatic N) is 2. The number of anilines is 1. The highest BCUT2D eigenvalue weighted by Gasteiger charge is 2.25. The monoisotopic (exact) mass is 324 g/mol. The van der Waals surface area contributed by atoms with Gasteiger partial charge in [-0.1, -0.05) is 0 Å². The van der Waals surface area contributed by atoms with Crippen LogP contribution in [0.5, 0.6) is 0 Å². The van der Waals surface area contributed by atoms with Crippen molar-refractivity contribution in [3.05, 3.63) is 39.7 Å². The molecule has 0 aliphatic rings. The number of carboxylic acid groups (broad SMARTS) is 1. The van der Waals surface area contributed by atoms with Crippen molar-refractivity contribution in [3.8, 4) is 0 Å². The first-order chi connectivity index (χ1) is 10.7. The van der Waals surface area contributed by atoms with Gasteiger partial charge in [-0.15, -0.1) is 0 Å². The Bertz CT molecular complexity index is 889. The maximum atomic E-state index is 14.2. The average molecular weight is 324 g/mol. The molecule has 0 saturated heterocycles. The first-order valence-corrected chi connectivity index (χ1v) is 6.73. The molecule has 0 saturated carbocycles. The van der Waals surface area contributed by atoms with Crippen molar-refractivity contribution in [2.45, 2.75) is 20.4 Å². The lowest BCUT2D eigenvalue weighted by molar-refractivity contribution is -0.116. The Labute approximate surface area is 129 Å². The van der Waals surface area contributed by atoms with E-state index in [1.54, 1.807) is 6.92 Å². The summed E-state index contributed by atoms with van der Waals surface area (Å²) in [6, 6.07) is 0.818. The van der Waals surface area contributed by atoms with Crippen LogP contribution in [-0.2, 0) is 11.3 Å². The molecule has 122 valence electrons. The van der Waals surface area contributed by atoms with Gasteiger partial charge in [-0.05, 0) is 6.92 Å². The molecule has 0 radical (unpaired) electrons. The van der Waals surface area contributed by atoms with Crippen molar-refractivity contribution in [3.63, 3.8) is 0 Å². The van der Waals surface area contributed by atoms with Crippen LogP contribution >= 0.6 is 0 Å². The van der Waals surface area contributed by atoms with Gasteiger partial charge in [-0.2, -0.15) is 0 Å². The van der Waals surface area contributed by atoms with E-state index in [0.717, 1.165) is 24.1 Å². The van der Waals surface area contributed by atoms with E-state index in [1.165, 1.54) is 11.6 Å². The Morgan fingerprint density at radius 3 is 2.43 bits per heavy atom. The van der Waals surface area contributed by atoms with Gasteiger partial charge in [0.2, 0.25) is 11.3 Å². The summed E-state index contributed by atoms with van der Waals surface area (Å²) >= 11 is 0. The minimum absolute atomic E-state index is 0.0181. The summed E-state index contributed by atoms with van der Waals surface area (Å²) in [6.07, 6.45) is 1.07. The van der Waals surface area contributed by atoms with Crippen molar-refractivity contribution >= 4 is 28.5 Å². The molecule has 0 aliphatic heterocycles. The van der Waals surface area contributed by atoms with Gasteiger partial charge in [0.15, 0.2) is 11.6 Å². The first kappa shape index (κ1) is 16.6. The molecule has 6 nitrogen and oxygen atoms in total. The van der Waals surface area contributed by atoms with E-state index in [4.69, 9.17) is 5.11 Å². The smallest absolute Gasteiger partial charge is 0.341 e. The van der Waals surface area contributed by atoms with Gasteiger partial charge in [-0.3, -0.25) is 9.59 Å². The topological polar surface area (TPSA) is 79.6 Å². The lowest BCUT2D eigenvalue weighted by Gasteiger charge is -2.20. The maximum Gasteiger partial charge on any atom is 0.341 e. The quantitative estimate of drug-likeness (QED) is 0.936. The molecule has 2 rings (SSSR count). The number of rotatable bonds is 3. The number of aryl methyl sites for hydroxylation is 1. The van der Waals surface area contributed by atoms with E-state index in [1.807, 2.05) is 0 Å². The number of carbonyl (C=O) groups is 2. The van der Waals surface area contributed by atoms with Gasteiger partial charge >= 0.3 is 5.97 Å². The van der Waals surface area contributed by atoms with Crippen molar-refractivity contribution < 1.29 is 23.5 Å². The van der Waals surface area contributed by atoms with Gasteiger partial charge in [0.05, 0.1) is 16.6 Å². The lowest BCUT2D eigenvalue weighted by Crippen LogP contribution is -2.28. The fourth-order valence-electron chi connectivity index (χ4n) is 2.36. The zero-order valence-electron chi connectivity index (χ0n) is 12.7. The Balaban J connectivity index is 3.13. The van der Waals surface area contributed by atoms with Gasteiger partial charge in [0, 0.05) is 32.8 Å². The molecule has 8 heteroatoms. The molecule has 0 spiro atoms. The Morgan fingerprint density at radius 1 is 1.35 bits per heavy atom. The number of amides is 1. The first-order valence-electron chi connectivity index (χ1n) is 6.73. The van der Waals surface area contributed by atoms with Crippen LogP contribution in [0.1, 0.15) is 24.2 Å². The summed E-state index contributed by atoms with van der Waals surface area (Å²) in [5.41, 5.74) is -2.10. The van der Waals surface area contributed by atoms with Crippen LogP contribution in [0, 0.1) is 11.6 Å². The summed E-state index contributed by atoms with van der Waals surface area (Å²) in [5, 5.41) is 8.80. The third kappa shape index (κ3) is 2.56. The molecule has 0 unspecified atom stereocenters. The number of aromatic nitrogens is 1. The second kappa shape index (κ2) is 5.79. The standard InChI is InChI=1S/C15H14F2N2O4/c1-4-19-6-8(15(22)23)14(21)11-10(19)5-9(16)12(17)13(11)18(3)7(2)20/h5-6H,4H2,1-3H3,(H,22,23). The summed E-state index contributed by atoms with van der Waals surface area (Å²) in [7, 11) is 1.18. The SMILES string of the molecule is CCn1cc(C(=O)O)c(=O)c2c(N(C)C(C)=O)c(F)c(F)cc21. The van der Waals surface area contributed by atoms with Crippen LogP contribution in [0.2, 0.25) is 0 Å². The molecule has 0 atom stereocenters. The number of carbonyl (C=O) groups excluding carboxylic acids is 1. The summed E-state index contributed by atoms with van der Waals surface area (Å²) in [6.45, 7) is 3.01. The van der Waals surface area contributed by atoms with Gasteiger partial charge in [-0.25, -0.2) is 13.6 Å². The number of hydrogen-bond acceptors (Lipinski definition) is 3. The number of benzene rings is 1. The molecule has 1 aromatic heterocycles. The molecule has 2 aromatic rings. The predicted molar refractivity (Wildman–Crippen MR) is 79.8 cm³/mol. The van der Waals surface area contributed by atoms with Gasteiger partial charge in [0.1, 0.15) is 5.56 Å². The van der Waals surface area contributed by atoms with Crippen LogP contribution in [-0.4, -0.2) is 28.6 Å². The molecule has 1 N–H and O–H groups in total. The number of aromatic carboxylic acids is 1. The molecule has 0 aliphatic carbocycles. The fraction of sp³-hybridized carbons (Fsp3) is 0.267. The highest BCUT2D eigenvalue weighted by molar-refractivity contribution is 6.04. The Morgan fingerprint density at radius 2 is 1.96 bits per heavy atom. The second-order valence-corrected chi connectivity index (χ2v) is 4.96. The highest BCUT2D eigenvalue weighted by atomic mass is 19.2. The summed E-state index contributed by atoms with van der Waals surface area (Å²) < 4.78 is 29.4. The van der Waals surface area contributed by atoms with Crippen molar-refractivity contribution in [2.24, 2.45) is 0 Å². The number of halogens is 2. The minimum atomic E-state index is -1.49. The predicted octanol–water partition coefficient (Wildman–Crippen LogP) is 1.98. The summed E-state index contributed by atoms with van der Waals surface area (Å²) in [4.78, 5) is 36.0. The molecule has 1 aromatic carbocycles. The van der Waals surface area contributed by atoms with E-state index in [9.17, 15) is 23.2 Å². The Kier molecular flexibility index (Phi) is 4.18. The maximum absolute atomic E-state index is 14.2. The zero-order valence-corrected chi connectivity index (χ0v) is 12.7. The van der Waals surface area contributed by atoms with Crippen LogP contribution in [0.25, 0.3) is 10.9 Å². The zero-order chi connectivity index (χ0) is 17.5. The molecular formula is C15H14F2N2O4. The van der Waals surface area contributed by atoms with E-state index in [0.29, 0.717) is 0 Å². The van der Waals surface area contributed by atoms with Crippen LogP contribution < -0.4 is 10.3 Å².